The van der Waals surface area contributed by atoms with Crippen molar-refractivity contribution in [3.05, 3.63) is 29.3 Å². The Morgan fingerprint density at radius 1 is 1.39 bits per heavy atom. The van der Waals surface area contributed by atoms with E-state index in [9.17, 15) is 4.79 Å². The van der Waals surface area contributed by atoms with Gasteiger partial charge in [0.25, 0.3) is 0 Å². The van der Waals surface area contributed by atoms with E-state index >= 15 is 0 Å². The van der Waals surface area contributed by atoms with Gasteiger partial charge in [-0.15, -0.1) is 11.8 Å². The fourth-order valence-electron chi connectivity index (χ4n) is 3.11. The molecule has 0 bridgehead atoms. The minimum Gasteiger partial charge on any atom is -0.316 e. The molecule has 3 rings (SSSR count). The van der Waals surface area contributed by atoms with Crippen molar-refractivity contribution >= 4 is 17.5 Å². The van der Waals surface area contributed by atoms with Gasteiger partial charge < -0.3 is 5.32 Å². The van der Waals surface area contributed by atoms with Gasteiger partial charge in [0.15, 0.2) is 5.78 Å². The van der Waals surface area contributed by atoms with Crippen molar-refractivity contribution in [1.29, 1.82) is 0 Å². The van der Waals surface area contributed by atoms with Crippen LogP contribution in [0.2, 0.25) is 0 Å². The van der Waals surface area contributed by atoms with E-state index in [2.05, 4.69) is 17.4 Å². The molecule has 2 aliphatic rings. The van der Waals surface area contributed by atoms with Crippen LogP contribution in [0.1, 0.15) is 35.7 Å². The number of nitrogens with one attached hydrogen (secondary N) is 1. The van der Waals surface area contributed by atoms with Gasteiger partial charge in [-0.05, 0) is 61.6 Å². The fraction of sp³-hybridized carbons (Fsp3) is 0.533. The Bertz CT molecular complexity index is 477. The highest BCUT2D eigenvalue weighted by Gasteiger charge is 2.35. The predicted molar refractivity (Wildman–Crippen MR) is 75.4 cm³/mol. The second-order valence-electron chi connectivity index (χ2n) is 5.58. The zero-order valence-corrected chi connectivity index (χ0v) is 11.6. The van der Waals surface area contributed by atoms with Gasteiger partial charge in [0.05, 0.1) is 0 Å². The van der Waals surface area contributed by atoms with E-state index < -0.39 is 0 Å². The van der Waals surface area contributed by atoms with Gasteiger partial charge >= 0.3 is 0 Å². The molecule has 96 valence electrons. The van der Waals surface area contributed by atoms with Crippen LogP contribution in [0.25, 0.3) is 0 Å². The van der Waals surface area contributed by atoms with Crippen molar-refractivity contribution < 1.29 is 4.79 Å². The summed E-state index contributed by atoms with van der Waals surface area (Å²) in [5.41, 5.74) is 2.68. The third-order valence-electron chi connectivity index (χ3n) is 4.25. The van der Waals surface area contributed by atoms with Gasteiger partial charge in [0.1, 0.15) is 0 Å². The minimum atomic E-state index is 0.172. The van der Waals surface area contributed by atoms with Crippen molar-refractivity contribution in [3.63, 3.8) is 0 Å². The summed E-state index contributed by atoms with van der Waals surface area (Å²) < 4.78 is 0. The molecule has 18 heavy (non-hydrogen) atoms. The van der Waals surface area contributed by atoms with E-state index in [1.807, 2.05) is 17.8 Å². The van der Waals surface area contributed by atoms with Crippen molar-refractivity contribution in [1.82, 2.24) is 5.32 Å². The van der Waals surface area contributed by atoms with Crippen LogP contribution in [0.5, 0.6) is 0 Å². The lowest BCUT2D eigenvalue weighted by atomic mass is 9.78. The van der Waals surface area contributed by atoms with Crippen molar-refractivity contribution in [3.8, 4) is 0 Å². The molecule has 1 fully saturated rings. The third-order valence-corrected chi connectivity index (χ3v) is 5.37. The highest BCUT2D eigenvalue weighted by molar-refractivity contribution is 7.99. The lowest BCUT2D eigenvalue weighted by Gasteiger charge is -2.26. The first-order chi connectivity index (χ1) is 8.69. The first kappa shape index (κ1) is 12.2. The van der Waals surface area contributed by atoms with Gasteiger partial charge in [-0.2, -0.15) is 0 Å². The van der Waals surface area contributed by atoms with Crippen LogP contribution in [0.3, 0.4) is 0 Å². The summed E-state index contributed by atoms with van der Waals surface area (Å²) in [5, 5.41) is 3.50. The first-order valence-electron chi connectivity index (χ1n) is 6.66. The van der Waals surface area contributed by atoms with Gasteiger partial charge in [-0.3, -0.25) is 4.79 Å². The molecule has 0 aromatic heterocycles. The topological polar surface area (TPSA) is 29.1 Å². The third kappa shape index (κ3) is 2.21. The smallest absolute Gasteiger partial charge is 0.159 e. The molecule has 2 aliphatic heterocycles. The van der Waals surface area contributed by atoms with E-state index in [4.69, 9.17) is 0 Å². The number of carbonyl (C=O) groups is 1. The standard InChI is InChI=1S/C15H19NOS/c1-11(17)12-2-3-14-13(8-12)9-15(5-7-18-14)4-6-16-10-15/h2-3,8,16H,4-7,9-10H2,1H3. The van der Waals surface area contributed by atoms with E-state index in [-0.39, 0.29) is 5.78 Å². The highest BCUT2D eigenvalue weighted by atomic mass is 32.2. The zero-order chi connectivity index (χ0) is 12.6. The molecule has 1 spiro atoms. The Labute approximate surface area is 113 Å². The highest BCUT2D eigenvalue weighted by Crippen LogP contribution is 2.41. The summed E-state index contributed by atoms with van der Waals surface area (Å²) >= 11 is 1.95. The number of hydrogen-bond acceptors (Lipinski definition) is 3. The Hall–Kier alpha value is -0.800. The van der Waals surface area contributed by atoms with Gasteiger partial charge in [0, 0.05) is 17.0 Å². The molecule has 0 saturated carbocycles. The van der Waals surface area contributed by atoms with E-state index in [0.29, 0.717) is 5.41 Å². The van der Waals surface area contributed by atoms with E-state index in [1.54, 1.807) is 6.92 Å². The lowest BCUT2D eigenvalue weighted by molar-refractivity contribution is 0.101. The number of Topliss-reactive ketones (excluding diaryl/α,β-unsaturated/α-hetero) is 1. The molecule has 2 nitrogen and oxygen atoms in total. The summed E-state index contributed by atoms with van der Waals surface area (Å²) in [7, 11) is 0. The zero-order valence-electron chi connectivity index (χ0n) is 10.8. The summed E-state index contributed by atoms with van der Waals surface area (Å²) in [6.07, 6.45) is 3.69. The number of benzene rings is 1. The van der Waals surface area contributed by atoms with Crippen molar-refractivity contribution in [2.24, 2.45) is 5.41 Å². The van der Waals surface area contributed by atoms with Gasteiger partial charge in [0.2, 0.25) is 0 Å². The monoisotopic (exact) mass is 261 g/mol. The maximum atomic E-state index is 11.5. The molecule has 1 saturated heterocycles. The number of thioether (sulfide) groups is 1. The number of carbonyl (C=O) groups excluding carboxylic acids is 1. The number of fused-ring (bicyclic) bond motifs is 1. The molecule has 1 aromatic rings. The SMILES string of the molecule is CC(=O)c1ccc2c(c1)CC1(CCNC1)CCS2. The largest absolute Gasteiger partial charge is 0.316 e. The predicted octanol–water partition coefficient (Wildman–Crippen LogP) is 2.91. The normalized spacial score (nSPS) is 26.9. The molecule has 1 aromatic carbocycles. The first-order valence-corrected chi connectivity index (χ1v) is 7.65. The molecule has 3 heteroatoms. The minimum absolute atomic E-state index is 0.172. The van der Waals surface area contributed by atoms with Crippen LogP contribution in [0.4, 0.5) is 0 Å². The number of ketones is 1. The molecular formula is C15H19NOS. The molecular weight excluding hydrogens is 242 g/mol. The average molecular weight is 261 g/mol. The van der Waals surface area contributed by atoms with Crippen LogP contribution >= 0.6 is 11.8 Å². The molecule has 0 aliphatic carbocycles. The van der Waals surface area contributed by atoms with Crippen molar-refractivity contribution in [2.75, 3.05) is 18.8 Å². The lowest BCUT2D eigenvalue weighted by Crippen LogP contribution is -2.26. The van der Waals surface area contributed by atoms with Crippen LogP contribution < -0.4 is 5.32 Å². The van der Waals surface area contributed by atoms with Crippen molar-refractivity contribution in [2.45, 2.75) is 31.1 Å². The average Bonchev–Trinajstić information content (AvgIpc) is 2.71. The van der Waals surface area contributed by atoms with E-state index in [0.717, 1.165) is 25.1 Å². The summed E-state index contributed by atoms with van der Waals surface area (Å²) in [6, 6.07) is 6.23. The number of hydrogen-bond donors (Lipinski definition) is 1. The molecule has 1 N–H and O–H groups in total. The molecule has 2 heterocycles. The summed E-state index contributed by atoms with van der Waals surface area (Å²) in [4.78, 5) is 12.9. The molecule has 0 amide bonds. The molecule has 1 unspecified atom stereocenters. The second kappa shape index (κ2) is 4.71. The van der Waals surface area contributed by atoms with Crippen LogP contribution in [0, 0.1) is 5.41 Å². The second-order valence-corrected chi connectivity index (χ2v) is 6.72. The van der Waals surface area contributed by atoms with Gasteiger partial charge in [-0.1, -0.05) is 6.07 Å². The maximum absolute atomic E-state index is 11.5. The summed E-state index contributed by atoms with van der Waals surface area (Å²) in [6.45, 7) is 3.93. The Morgan fingerprint density at radius 3 is 3.00 bits per heavy atom. The maximum Gasteiger partial charge on any atom is 0.159 e. The van der Waals surface area contributed by atoms with Crippen LogP contribution in [0.15, 0.2) is 23.1 Å². The molecule has 1 atom stereocenters. The van der Waals surface area contributed by atoms with E-state index in [1.165, 1.54) is 29.1 Å². The van der Waals surface area contributed by atoms with Crippen LogP contribution in [-0.2, 0) is 6.42 Å². The number of rotatable bonds is 1. The van der Waals surface area contributed by atoms with Crippen LogP contribution in [-0.4, -0.2) is 24.6 Å². The fourth-order valence-corrected chi connectivity index (χ4v) is 4.34. The quantitative estimate of drug-likeness (QED) is 0.788. The Kier molecular flexibility index (Phi) is 3.20. The Balaban J connectivity index is 1.96. The molecule has 0 radical (unpaired) electrons. The summed E-state index contributed by atoms with van der Waals surface area (Å²) in [5.74, 6) is 1.37. The Morgan fingerprint density at radius 2 is 2.28 bits per heavy atom. The van der Waals surface area contributed by atoms with Gasteiger partial charge in [-0.25, -0.2) is 0 Å².